The normalized spacial score (nSPS) is 10.9. The Kier molecular flexibility index (Phi) is 5.33. The molecule has 20 heavy (non-hydrogen) atoms. The minimum atomic E-state index is -0.748. The summed E-state index contributed by atoms with van der Waals surface area (Å²) in [4.78, 5) is 12.6. The van der Waals surface area contributed by atoms with E-state index >= 15 is 0 Å². The van der Waals surface area contributed by atoms with E-state index in [0.717, 1.165) is 0 Å². The van der Waals surface area contributed by atoms with Gasteiger partial charge in [-0.1, -0.05) is 26.1 Å². The highest BCUT2D eigenvalue weighted by atomic mass is 32.1. The number of aromatic hydroxyl groups is 1. The second-order valence-electron chi connectivity index (χ2n) is 4.49. The van der Waals surface area contributed by atoms with Crippen molar-refractivity contribution < 1.29 is 14.6 Å². The van der Waals surface area contributed by atoms with Crippen molar-refractivity contribution in [2.24, 2.45) is 5.73 Å². The number of methoxy groups -OCH3 is 1. The van der Waals surface area contributed by atoms with Crippen LogP contribution in [-0.2, 0) is 0 Å². The van der Waals surface area contributed by atoms with Crippen LogP contribution in [-0.4, -0.2) is 28.7 Å². The first kappa shape index (κ1) is 16.2. The van der Waals surface area contributed by atoms with Crippen molar-refractivity contribution in [3.8, 4) is 11.5 Å². The average Bonchev–Trinajstić information content (AvgIpc) is 2.44. The predicted molar refractivity (Wildman–Crippen MR) is 82.2 cm³/mol. The molecule has 0 atom stereocenters. The molecule has 1 aromatic rings. The minimum absolute atomic E-state index is 0.118. The number of rotatable bonds is 6. The molecule has 0 heterocycles. The third-order valence-electron chi connectivity index (χ3n) is 3.48. The van der Waals surface area contributed by atoms with Crippen LogP contribution >= 0.6 is 12.2 Å². The van der Waals surface area contributed by atoms with Crippen molar-refractivity contribution in [2.45, 2.75) is 32.2 Å². The van der Waals surface area contributed by atoms with Crippen LogP contribution in [0.25, 0.3) is 0 Å². The summed E-state index contributed by atoms with van der Waals surface area (Å²) in [6.45, 7) is 3.79. The number of nitrogens with two attached hydrogens (primary N) is 1. The first-order valence-electron chi connectivity index (χ1n) is 6.39. The monoisotopic (exact) mass is 296 g/mol. The van der Waals surface area contributed by atoms with Gasteiger partial charge in [-0.2, -0.15) is 0 Å². The molecule has 0 bridgehead atoms. The Labute approximate surface area is 124 Å². The summed E-state index contributed by atoms with van der Waals surface area (Å²) in [5.41, 5.74) is 5.13. The molecule has 0 saturated heterocycles. The smallest absolute Gasteiger partial charge is 0.255 e. The van der Waals surface area contributed by atoms with Crippen molar-refractivity contribution in [2.75, 3.05) is 7.11 Å². The number of amides is 1. The first-order valence-corrected chi connectivity index (χ1v) is 6.80. The fraction of sp³-hybridized carbons (Fsp3) is 0.429. The fourth-order valence-electron chi connectivity index (χ4n) is 1.95. The molecule has 1 rings (SSSR count). The van der Waals surface area contributed by atoms with Crippen LogP contribution in [0, 0.1) is 0 Å². The minimum Gasteiger partial charge on any atom is -0.507 e. The molecular formula is C14H20N2O3S. The average molecular weight is 296 g/mol. The second-order valence-corrected chi connectivity index (χ2v) is 4.93. The largest absolute Gasteiger partial charge is 0.507 e. The van der Waals surface area contributed by atoms with E-state index in [2.05, 4.69) is 5.32 Å². The van der Waals surface area contributed by atoms with E-state index in [1.807, 2.05) is 13.8 Å². The number of benzene rings is 1. The van der Waals surface area contributed by atoms with Gasteiger partial charge in [0.1, 0.15) is 11.5 Å². The second kappa shape index (κ2) is 6.56. The van der Waals surface area contributed by atoms with Crippen molar-refractivity contribution >= 4 is 23.1 Å². The van der Waals surface area contributed by atoms with Gasteiger partial charge >= 0.3 is 0 Å². The molecule has 0 radical (unpaired) electrons. The number of carbonyl (C=O) groups is 1. The zero-order chi connectivity index (χ0) is 15.3. The highest BCUT2D eigenvalue weighted by Crippen LogP contribution is 2.24. The fourth-order valence-corrected chi connectivity index (χ4v) is 2.29. The zero-order valence-corrected chi connectivity index (χ0v) is 12.7. The Balaban J connectivity index is 3.09. The maximum Gasteiger partial charge on any atom is 0.255 e. The molecule has 0 saturated carbocycles. The van der Waals surface area contributed by atoms with Crippen LogP contribution in [0.5, 0.6) is 11.5 Å². The maximum absolute atomic E-state index is 12.3. The van der Waals surface area contributed by atoms with Gasteiger partial charge in [0.05, 0.1) is 23.2 Å². The zero-order valence-electron chi connectivity index (χ0n) is 11.9. The summed E-state index contributed by atoms with van der Waals surface area (Å²) in [5, 5.41) is 12.6. The van der Waals surface area contributed by atoms with Gasteiger partial charge in [0.2, 0.25) is 0 Å². The number of hydrogen-bond acceptors (Lipinski definition) is 4. The van der Waals surface area contributed by atoms with Crippen LogP contribution in [0.15, 0.2) is 18.2 Å². The van der Waals surface area contributed by atoms with Crippen molar-refractivity contribution in [1.82, 2.24) is 5.32 Å². The SMILES string of the molecule is CCC(CC)(NC(=O)c1cc(OC)ccc1O)C(N)=S. The Hall–Kier alpha value is -1.82. The molecule has 0 spiro atoms. The lowest BCUT2D eigenvalue weighted by atomic mass is 9.92. The molecule has 0 aliphatic heterocycles. The molecule has 1 amide bonds. The van der Waals surface area contributed by atoms with E-state index in [0.29, 0.717) is 18.6 Å². The van der Waals surface area contributed by atoms with Gasteiger partial charge in [-0.15, -0.1) is 0 Å². The molecule has 1 aromatic carbocycles. The van der Waals surface area contributed by atoms with Crippen LogP contribution < -0.4 is 15.8 Å². The van der Waals surface area contributed by atoms with Crippen LogP contribution in [0.1, 0.15) is 37.0 Å². The van der Waals surface area contributed by atoms with Crippen molar-refractivity contribution in [3.05, 3.63) is 23.8 Å². The Bertz CT molecular complexity index is 513. The maximum atomic E-state index is 12.3. The van der Waals surface area contributed by atoms with Gasteiger partial charge in [0.15, 0.2) is 0 Å². The Morgan fingerprint density at radius 1 is 1.45 bits per heavy atom. The number of ether oxygens (including phenoxy) is 1. The van der Waals surface area contributed by atoms with Crippen molar-refractivity contribution in [3.63, 3.8) is 0 Å². The summed E-state index contributed by atoms with van der Waals surface area (Å²) in [6.07, 6.45) is 1.16. The summed E-state index contributed by atoms with van der Waals surface area (Å²) in [6, 6.07) is 4.46. The van der Waals surface area contributed by atoms with Crippen LogP contribution in [0.3, 0.4) is 0 Å². The molecule has 0 aromatic heterocycles. The Morgan fingerprint density at radius 3 is 2.50 bits per heavy atom. The highest BCUT2D eigenvalue weighted by molar-refractivity contribution is 7.80. The standard InChI is InChI=1S/C14H20N2O3S/c1-4-14(5-2,13(15)20)16-12(18)10-8-9(19-3)6-7-11(10)17/h6-8,17H,4-5H2,1-3H3,(H2,15,20)(H,16,18). The third kappa shape index (κ3) is 3.19. The van der Waals surface area contributed by atoms with Gasteiger partial charge in [0, 0.05) is 0 Å². The number of phenolic OH excluding ortho intramolecular Hbond substituents is 1. The highest BCUT2D eigenvalue weighted by Gasteiger charge is 2.32. The lowest BCUT2D eigenvalue weighted by molar-refractivity contribution is 0.0916. The summed E-state index contributed by atoms with van der Waals surface area (Å²) < 4.78 is 5.05. The van der Waals surface area contributed by atoms with E-state index < -0.39 is 11.4 Å². The topological polar surface area (TPSA) is 84.6 Å². The number of thiocarbonyl (C=S) groups is 1. The molecule has 110 valence electrons. The molecule has 0 aliphatic rings. The molecular weight excluding hydrogens is 276 g/mol. The van der Waals surface area contributed by atoms with Crippen molar-refractivity contribution in [1.29, 1.82) is 0 Å². The number of hydrogen-bond donors (Lipinski definition) is 3. The summed E-state index contributed by atoms with van der Waals surface area (Å²) in [5.74, 6) is -0.0629. The Morgan fingerprint density at radius 2 is 2.05 bits per heavy atom. The summed E-state index contributed by atoms with van der Waals surface area (Å²) >= 11 is 5.05. The molecule has 4 N–H and O–H groups in total. The van der Waals surface area contributed by atoms with Gasteiger partial charge in [-0.3, -0.25) is 4.79 Å². The lowest BCUT2D eigenvalue weighted by Crippen LogP contribution is -2.55. The number of phenols is 1. The first-order chi connectivity index (χ1) is 9.40. The lowest BCUT2D eigenvalue weighted by Gasteiger charge is -2.31. The van der Waals surface area contributed by atoms with E-state index in [4.69, 9.17) is 22.7 Å². The van der Waals surface area contributed by atoms with Crippen LogP contribution in [0.2, 0.25) is 0 Å². The van der Waals surface area contributed by atoms with Gasteiger partial charge in [0.25, 0.3) is 5.91 Å². The number of nitrogens with one attached hydrogen (secondary N) is 1. The van der Waals surface area contributed by atoms with Crippen LogP contribution in [0.4, 0.5) is 0 Å². The third-order valence-corrected chi connectivity index (χ3v) is 3.87. The molecule has 5 nitrogen and oxygen atoms in total. The number of carbonyl (C=O) groups excluding carboxylic acids is 1. The predicted octanol–water partition coefficient (Wildman–Crippen LogP) is 1.98. The quantitative estimate of drug-likeness (QED) is 0.699. The molecule has 6 heteroatoms. The van der Waals surface area contributed by atoms with Gasteiger partial charge in [-0.05, 0) is 31.0 Å². The van der Waals surface area contributed by atoms with E-state index in [-0.39, 0.29) is 16.3 Å². The van der Waals surface area contributed by atoms with Gasteiger partial charge < -0.3 is 20.9 Å². The molecule has 0 unspecified atom stereocenters. The summed E-state index contributed by atoms with van der Waals surface area (Å²) in [7, 11) is 1.49. The van der Waals surface area contributed by atoms with E-state index in [1.165, 1.54) is 19.2 Å². The van der Waals surface area contributed by atoms with E-state index in [9.17, 15) is 9.90 Å². The van der Waals surface area contributed by atoms with E-state index in [1.54, 1.807) is 6.07 Å². The molecule has 0 aliphatic carbocycles. The molecule has 0 fully saturated rings. The van der Waals surface area contributed by atoms with Gasteiger partial charge in [-0.25, -0.2) is 0 Å².